The molecule has 2 rings (SSSR count). The molecule has 0 aromatic carbocycles. The highest BCUT2D eigenvalue weighted by molar-refractivity contribution is 7.91. The van der Waals surface area contributed by atoms with Gasteiger partial charge in [-0.25, -0.2) is 8.42 Å². The van der Waals surface area contributed by atoms with Gasteiger partial charge in [-0.05, 0) is 18.9 Å². The Kier molecular flexibility index (Phi) is 4.12. The number of hydrogen-bond acceptors (Lipinski definition) is 6. The number of esters is 1. The Labute approximate surface area is 116 Å². The molecule has 106 valence electrons. The molecule has 1 aromatic heterocycles. The predicted molar refractivity (Wildman–Crippen MR) is 72.2 cm³/mol. The van der Waals surface area contributed by atoms with E-state index in [0.29, 0.717) is 25.1 Å². The Morgan fingerprint density at radius 3 is 2.89 bits per heavy atom. The lowest BCUT2D eigenvalue weighted by Crippen LogP contribution is -2.42. The molecule has 1 fully saturated rings. The Bertz CT molecular complexity index is 567. The van der Waals surface area contributed by atoms with Gasteiger partial charge >= 0.3 is 5.97 Å². The summed E-state index contributed by atoms with van der Waals surface area (Å²) in [6, 6.07) is 1.45. The second-order valence-corrected chi connectivity index (χ2v) is 7.50. The maximum absolute atomic E-state index is 12.4. The summed E-state index contributed by atoms with van der Waals surface area (Å²) in [5.74, 6) is -0.739. The Balaban J connectivity index is 2.19. The van der Waals surface area contributed by atoms with Gasteiger partial charge in [0.2, 0.25) is 0 Å². The molecule has 1 aliphatic heterocycles. The van der Waals surface area contributed by atoms with Crippen LogP contribution in [-0.2, 0) is 19.6 Å². The topological polar surface area (TPSA) is 89.7 Å². The summed E-state index contributed by atoms with van der Waals surface area (Å²) >= 11 is 1.09. The zero-order valence-electron chi connectivity index (χ0n) is 10.5. The molecule has 0 spiro atoms. The van der Waals surface area contributed by atoms with Crippen LogP contribution in [0.25, 0.3) is 0 Å². The first-order valence-electron chi connectivity index (χ1n) is 5.87. The van der Waals surface area contributed by atoms with Crippen LogP contribution in [0.3, 0.4) is 0 Å². The number of methoxy groups -OCH3 is 1. The second kappa shape index (κ2) is 5.48. The zero-order valence-corrected chi connectivity index (χ0v) is 12.2. The van der Waals surface area contributed by atoms with Crippen LogP contribution in [-0.4, -0.2) is 38.9 Å². The minimum absolute atomic E-state index is 0.173. The van der Waals surface area contributed by atoms with Gasteiger partial charge in [-0.2, -0.15) is 4.31 Å². The smallest absolute Gasteiger partial charge is 0.309 e. The summed E-state index contributed by atoms with van der Waals surface area (Å²) < 4.78 is 31.0. The van der Waals surface area contributed by atoms with Gasteiger partial charge in [0.25, 0.3) is 10.0 Å². The van der Waals surface area contributed by atoms with E-state index in [1.807, 2.05) is 0 Å². The van der Waals surface area contributed by atoms with Gasteiger partial charge in [0, 0.05) is 24.2 Å². The van der Waals surface area contributed by atoms with Gasteiger partial charge in [-0.15, -0.1) is 11.3 Å². The fraction of sp³-hybridized carbons (Fsp3) is 0.545. The van der Waals surface area contributed by atoms with Gasteiger partial charge in [0.1, 0.15) is 4.21 Å². The molecule has 6 nitrogen and oxygen atoms in total. The molecule has 1 saturated heterocycles. The van der Waals surface area contributed by atoms with Crippen LogP contribution in [0.15, 0.2) is 15.7 Å². The normalized spacial score (nSPS) is 21.2. The van der Waals surface area contributed by atoms with Crippen molar-refractivity contribution < 1.29 is 17.9 Å². The van der Waals surface area contributed by atoms with E-state index in [2.05, 4.69) is 4.74 Å². The Morgan fingerprint density at radius 2 is 2.32 bits per heavy atom. The van der Waals surface area contributed by atoms with Crippen molar-refractivity contribution in [3.05, 3.63) is 11.4 Å². The second-order valence-electron chi connectivity index (χ2n) is 4.42. The number of piperidine rings is 1. The fourth-order valence-corrected chi connectivity index (χ4v) is 4.87. The van der Waals surface area contributed by atoms with E-state index < -0.39 is 10.0 Å². The third kappa shape index (κ3) is 2.90. The highest BCUT2D eigenvalue weighted by Crippen LogP contribution is 2.28. The predicted octanol–water partition coefficient (Wildman–Crippen LogP) is 0.904. The lowest BCUT2D eigenvalue weighted by atomic mass is 10.0. The van der Waals surface area contributed by atoms with E-state index in [4.69, 9.17) is 5.73 Å². The number of carbonyl (C=O) groups is 1. The largest absolute Gasteiger partial charge is 0.469 e. The van der Waals surface area contributed by atoms with Crippen molar-refractivity contribution in [1.82, 2.24) is 4.31 Å². The monoisotopic (exact) mass is 304 g/mol. The Morgan fingerprint density at radius 1 is 1.58 bits per heavy atom. The summed E-state index contributed by atoms with van der Waals surface area (Å²) in [6.45, 7) is 0.598. The number of hydrogen-bond donors (Lipinski definition) is 1. The summed E-state index contributed by atoms with van der Waals surface area (Å²) in [5.41, 5.74) is 5.99. The maximum Gasteiger partial charge on any atom is 0.309 e. The van der Waals surface area contributed by atoms with E-state index in [0.717, 1.165) is 11.3 Å². The molecular weight excluding hydrogens is 288 g/mol. The van der Waals surface area contributed by atoms with Crippen LogP contribution in [0.4, 0.5) is 5.69 Å². The first kappa shape index (κ1) is 14.3. The molecule has 1 atom stereocenters. The number of nitrogens with two attached hydrogens (primary N) is 1. The first-order valence-corrected chi connectivity index (χ1v) is 8.19. The van der Waals surface area contributed by atoms with E-state index >= 15 is 0 Å². The van der Waals surface area contributed by atoms with Crippen molar-refractivity contribution in [3.63, 3.8) is 0 Å². The molecule has 0 aliphatic carbocycles. The first-order chi connectivity index (χ1) is 8.95. The van der Waals surface area contributed by atoms with Gasteiger partial charge in [0.05, 0.1) is 13.0 Å². The van der Waals surface area contributed by atoms with Crippen molar-refractivity contribution in [3.8, 4) is 0 Å². The van der Waals surface area contributed by atoms with Crippen molar-refractivity contribution in [2.24, 2.45) is 5.92 Å². The quantitative estimate of drug-likeness (QED) is 0.838. The van der Waals surface area contributed by atoms with E-state index in [1.165, 1.54) is 17.5 Å². The Hall–Kier alpha value is -1.12. The lowest BCUT2D eigenvalue weighted by Gasteiger charge is -2.29. The fourth-order valence-electron chi connectivity index (χ4n) is 2.11. The minimum Gasteiger partial charge on any atom is -0.469 e. The molecule has 1 unspecified atom stereocenters. The molecule has 8 heteroatoms. The molecule has 0 radical (unpaired) electrons. The number of anilines is 1. The molecule has 2 N–H and O–H groups in total. The minimum atomic E-state index is -3.55. The molecule has 1 aromatic rings. The summed E-state index contributed by atoms with van der Waals surface area (Å²) in [4.78, 5) is 11.5. The van der Waals surface area contributed by atoms with Crippen molar-refractivity contribution >= 4 is 33.0 Å². The van der Waals surface area contributed by atoms with Crippen LogP contribution >= 0.6 is 11.3 Å². The number of sulfonamides is 1. The van der Waals surface area contributed by atoms with Gasteiger partial charge in [0.15, 0.2) is 0 Å². The number of nitrogen functional groups attached to an aromatic ring is 1. The maximum atomic E-state index is 12.4. The SMILES string of the molecule is COC(=O)C1CCCN(S(=O)(=O)c2cc(N)cs2)C1. The van der Waals surface area contributed by atoms with Gasteiger partial charge in [-0.3, -0.25) is 4.79 Å². The standard InChI is InChI=1S/C11H16N2O4S2/c1-17-11(14)8-3-2-4-13(6-8)19(15,16)10-5-9(12)7-18-10/h5,7-8H,2-4,6,12H2,1H3. The van der Waals surface area contributed by atoms with Crippen molar-refractivity contribution in [2.45, 2.75) is 17.1 Å². The average Bonchev–Trinajstić information content (AvgIpc) is 2.85. The molecular formula is C11H16N2O4S2. The zero-order chi connectivity index (χ0) is 14.0. The van der Waals surface area contributed by atoms with Crippen LogP contribution in [0.1, 0.15) is 12.8 Å². The highest BCUT2D eigenvalue weighted by Gasteiger charge is 2.34. The average molecular weight is 304 g/mol. The van der Waals surface area contributed by atoms with Crippen LogP contribution in [0.2, 0.25) is 0 Å². The summed E-state index contributed by atoms with van der Waals surface area (Å²) in [6.07, 6.45) is 1.31. The third-order valence-electron chi connectivity index (χ3n) is 3.11. The summed E-state index contributed by atoms with van der Waals surface area (Å²) in [7, 11) is -2.24. The van der Waals surface area contributed by atoms with Gasteiger partial charge in [-0.1, -0.05) is 0 Å². The molecule has 0 bridgehead atoms. The molecule has 19 heavy (non-hydrogen) atoms. The van der Waals surface area contributed by atoms with Crippen molar-refractivity contribution in [1.29, 1.82) is 0 Å². The number of rotatable bonds is 3. The third-order valence-corrected chi connectivity index (χ3v) is 6.41. The summed E-state index contributed by atoms with van der Waals surface area (Å²) in [5, 5.41) is 1.59. The molecule has 0 saturated carbocycles. The molecule has 0 amide bonds. The lowest BCUT2D eigenvalue weighted by molar-refractivity contribution is -0.146. The van der Waals surface area contributed by atoms with Crippen LogP contribution in [0.5, 0.6) is 0 Å². The highest BCUT2D eigenvalue weighted by atomic mass is 32.2. The molecule has 1 aliphatic rings. The van der Waals surface area contributed by atoms with E-state index in [9.17, 15) is 13.2 Å². The number of carbonyl (C=O) groups excluding carboxylic acids is 1. The molecule has 2 heterocycles. The number of ether oxygens (including phenoxy) is 1. The van der Waals surface area contributed by atoms with Crippen LogP contribution in [0, 0.1) is 5.92 Å². The number of thiophene rings is 1. The number of nitrogens with zero attached hydrogens (tertiary/aromatic N) is 1. The van der Waals surface area contributed by atoms with Gasteiger partial charge < -0.3 is 10.5 Å². The van der Waals surface area contributed by atoms with Crippen LogP contribution < -0.4 is 5.73 Å². The van der Waals surface area contributed by atoms with E-state index in [1.54, 1.807) is 5.38 Å². The van der Waals surface area contributed by atoms with E-state index in [-0.39, 0.29) is 22.6 Å². The van der Waals surface area contributed by atoms with Crippen molar-refractivity contribution in [2.75, 3.05) is 25.9 Å².